The van der Waals surface area contributed by atoms with Gasteiger partial charge in [-0.3, -0.25) is 0 Å². The van der Waals surface area contributed by atoms with Crippen molar-refractivity contribution >= 4 is 40.3 Å². The maximum Gasteiger partial charge on any atom is 0.212 e. The third kappa shape index (κ3) is 4.26. The van der Waals surface area contributed by atoms with Crippen LogP contribution in [0, 0.1) is 0 Å². The Hall–Kier alpha value is -3.36. The van der Waals surface area contributed by atoms with Crippen LogP contribution in [0.15, 0.2) is 107 Å². The maximum atomic E-state index is 6.84. The van der Waals surface area contributed by atoms with Gasteiger partial charge in [0, 0.05) is 46.6 Å². The average Bonchev–Trinajstić information content (AvgIpc) is 3.24. The molecular formula is C31H30ClN2+. The van der Waals surface area contributed by atoms with Crippen molar-refractivity contribution in [2.45, 2.75) is 33.2 Å². The van der Waals surface area contributed by atoms with Gasteiger partial charge in [-0.1, -0.05) is 60.2 Å². The van der Waals surface area contributed by atoms with Gasteiger partial charge in [-0.2, -0.15) is 4.57 Å². The minimum absolute atomic E-state index is 0.889. The minimum Gasteiger partial charge on any atom is -0.341 e. The molecule has 0 saturated heterocycles. The standard InChI is InChI=1S/C31H30ClN2/c1-3-33-27(19-15-23-9-5-7-11-29(23)33)21-17-25-13-14-26(31(25)32)18-22-28-20-16-24-10-6-8-12-30(24)34(28)4-2/h5-12,15-22H,3-4,13-14H2,1-2H3/q+1. The molecule has 0 amide bonds. The highest BCUT2D eigenvalue weighted by Gasteiger charge is 2.18. The fourth-order valence-corrected chi connectivity index (χ4v) is 5.25. The summed E-state index contributed by atoms with van der Waals surface area (Å²) in [6, 6.07) is 21.5. The number of rotatable bonds is 5. The fraction of sp³-hybridized carbons (Fsp3) is 0.194. The number of allylic oxidation sites excluding steroid dienone is 7. The van der Waals surface area contributed by atoms with Crippen molar-refractivity contribution in [1.82, 2.24) is 0 Å². The second-order valence-electron chi connectivity index (χ2n) is 8.65. The molecule has 0 radical (unpaired) electrons. The first kappa shape index (κ1) is 22.4. The zero-order valence-corrected chi connectivity index (χ0v) is 20.6. The highest BCUT2D eigenvalue weighted by atomic mass is 35.5. The molecule has 2 nitrogen and oxygen atoms in total. The molecule has 0 N–H and O–H groups in total. The van der Waals surface area contributed by atoms with E-state index in [0.717, 1.165) is 31.0 Å². The molecule has 5 rings (SSSR count). The zero-order valence-electron chi connectivity index (χ0n) is 19.8. The first-order valence-corrected chi connectivity index (χ1v) is 12.5. The van der Waals surface area contributed by atoms with Crippen molar-refractivity contribution in [1.29, 1.82) is 0 Å². The summed E-state index contributed by atoms with van der Waals surface area (Å²) in [6.07, 6.45) is 15.1. The van der Waals surface area contributed by atoms with Gasteiger partial charge in [0.1, 0.15) is 6.54 Å². The summed E-state index contributed by atoms with van der Waals surface area (Å²) in [7, 11) is 0. The third-order valence-electron chi connectivity index (χ3n) is 6.72. The number of likely N-dealkylation sites (N-methyl/N-ethyl adjacent to an activating group) is 1. The minimum atomic E-state index is 0.889. The monoisotopic (exact) mass is 465 g/mol. The van der Waals surface area contributed by atoms with E-state index in [1.165, 1.54) is 44.7 Å². The predicted molar refractivity (Wildman–Crippen MR) is 146 cm³/mol. The summed E-state index contributed by atoms with van der Waals surface area (Å²) < 4.78 is 2.35. The number of hydrogen-bond donors (Lipinski definition) is 0. The number of para-hydroxylation sites is 2. The van der Waals surface area contributed by atoms with Gasteiger partial charge < -0.3 is 4.90 Å². The van der Waals surface area contributed by atoms with E-state index in [4.69, 9.17) is 11.6 Å². The van der Waals surface area contributed by atoms with Crippen LogP contribution in [0.4, 0.5) is 5.69 Å². The fourth-order valence-electron chi connectivity index (χ4n) is 4.93. The second kappa shape index (κ2) is 9.87. The number of pyridine rings is 1. The largest absolute Gasteiger partial charge is 0.341 e. The Balaban J connectivity index is 1.41. The van der Waals surface area contributed by atoms with E-state index in [2.05, 4.69) is 120 Å². The summed E-state index contributed by atoms with van der Waals surface area (Å²) >= 11 is 6.84. The summed E-state index contributed by atoms with van der Waals surface area (Å²) in [5.74, 6) is 0. The summed E-state index contributed by atoms with van der Waals surface area (Å²) in [5.41, 5.74) is 8.59. The second-order valence-corrected chi connectivity index (χ2v) is 9.03. The molecule has 1 aromatic heterocycles. The molecule has 170 valence electrons. The van der Waals surface area contributed by atoms with Gasteiger partial charge in [0.25, 0.3) is 0 Å². The molecule has 0 bridgehead atoms. The first-order chi connectivity index (χ1) is 16.7. The average molecular weight is 466 g/mol. The Morgan fingerprint density at radius 3 is 2.56 bits per heavy atom. The molecule has 3 heteroatoms. The molecule has 0 saturated carbocycles. The van der Waals surface area contributed by atoms with Crippen LogP contribution in [0.2, 0.25) is 0 Å². The van der Waals surface area contributed by atoms with Crippen molar-refractivity contribution in [2.75, 3.05) is 11.4 Å². The maximum absolute atomic E-state index is 6.84. The molecule has 0 unspecified atom stereocenters. The quantitative estimate of drug-likeness (QED) is 0.348. The van der Waals surface area contributed by atoms with E-state index < -0.39 is 0 Å². The van der Waals surface area contributed by atoms with Gasteiger partial charge in [-0.15, -0.1) is 0 Å². The Kier molecular flexibility index (Phi) is 6.51. The van der Waals surface area contributed by atoms with Crippen LogP contribution in [0.3, 0.4) is 0 Å². The van der Waals surface area contributed by atoms with E-state index in [1.54, 1.807) is 0 Å². The van der Waals surface area contributed by atoms with Crippen LogP contribution in [0.25, 0.3) is 23.1 Å². The number of fused-ring (bicyclic) bond motifs is 2. The van der Waals surface area contributed by atoms with Gasteiger partial charge in [-0.05, 0) is 73.7 Å². The number of benzene rings is 2. The lowest BCUT2D eigenvalue weighted by molar-refractivity contribution is -0.669. The molecule has 2 heterocycles. The SMILES string of the molecule is CCN1/C(=C/C=C2\CCC(/C=C/c3ccc4ccccc4[n+]3CC)=C2Cl)C=Cc2ccccc21. The number of aryl methyl sites for hydroxylation is 1. The van der Waals surface area contributed by atoms with Crippen molar-refractivity contribution in [3.8, 4) is 0 Å². The molecule has 2 aromatic carbocycles. The Bertz CT molecular complexity index is 1390. The van der Waals surface area contributed by atoms with Crippen LogP contribution >= 0.6 is 11.6 Å². The van der Waals surface area contributed by atoms with Crippen molar-refractivity contribution in [2.24, 2.45) is 0 Å². The Morgan fingerprint density at radius 1 is 0.882 bits per heavy atom. The van der Waals surface area contributed by atoms with E-state index in [-0.39, 0.29) is 0 Å². The van der Waals surface area contributed by atoms with Crippen LogP contribution < -0.4 is 9.47 Å². The summed E-state index contributed by atoms with van der Waals surface area (Å²) in [4.78, 5) is 2.35. The number of aromatic nitrogens is 1. The van der Waals surface area contributed by atoms with Crippen LogP contribution in [0.5, 0.6) is 0 Å². The Morgan fingerprint density at radius 2 is 1.71 bits per heavy atom. The third-order valence-corrected chi connectivity index (χ3v) is 7.20. The molecule has 3 aromatic rings. The lowest BCUT2D eigenvalue weighted by Gasteiger charge is -2.29. The van der Waals surface area contributed by atoms with Gasteiger partial charge in [0.05, 0.1) is 0 Å². The highest BCUT2D eigenvalue weighted by molar-refractivity contribution is 6.33. The van der Waals surface area contributed by atoms with Crippen LogP contribution in [-0.2, 0) is 6.54 Å². The smallest absolute Gasteiger partial charge is 0.212 e. The lowest BCUT2D eigenvalue weighted by Crippen LogP contribution is -2.36. The predicted octanol–water partition coefficient (Wildman–Crippen LogP) is 7.81. The van der Waals surface area contributed by atoms with Crippen molar-refractivity contribution in [3.63, 3.8) is 0 Å². The topological polar surface area (TPSA) is 7.12 Å². The molecule has 0 spiro atoms. The molecule has 1 aliphatic heterocycles. The van der Waals surface area contributed by atoms with Crippen molar-refractivity contribution in [3.05, 3.63) is 118 Å². The molecule has 34 heavy (non-hydrogen) atoms. The molecule has 0 fully saturated rings. The van der Waals surface area contributed by atoms with E-state index in [0.29, 0.717) is 0 Å². The summed E-state index contributed by atoms with van der Waals surface area (Å²) in [6.45, 7) is 6.24. The zero-order chi connectivity index (χ0) is 23.5. The van der Waals surface area contributed by atoms with E-state index in [9.17, 15) is 0 Å². The van der Waals surface area contributed by atoms with E-state index >= 15 is 0 Å². The molecule has 0 atom stereocenters. The van der Waals surface area contributed by atoms with Gasteiger partial charge in [0.2, 0.25) is 11.2 Å². The van der Waals surface area contributed by atoms with Crippen LogP contribution in [-0.4, -0.2) is 6.54 Å². The normalized spacial score (nSPS) is 18.1. The number of hydrogen-bond acceptors (Lipinski definition) is 1. The van der Waals surface area contributed by atoms with Gasteiger partial charge >= 0.3 is 0 Å². The Labute approximate surface area is 207 Å². The summed E-state index contributed by atoms with van der Waals surface area (Å²) in [5, 5.41) is 2.15. The molecular weight excluding hydrogens is 436 g/mol. The lowest BCUT2D eigenvalue weighted by atomic mass is 10.1. The molecule has 1 aliphatic carbocycles. The highest BCUT2D eigenvalue weighted by Crippen LogP contribution is 2.36. The van der Waals surface area contributed by atoms with E-state index in [1.807, 2.05) is 0 Å². The first-order valence-electron chi connectivity index (χ1n) is 12.1. The number of anilines is 1. The van der Waals surface area contributed by atoms with Crippen molar-refractivity contribution < 1.29 is 4.57 Å². The van der Waals surface area contributed by atoms with Crippen LogP contribution in [0.1, 0.15) is 37.9 Å². The number of halogens is 1. The number of nitrogens with zero attached hydrogens (tertiary/aromatic N) is 2. The molecule has 2 aliphatic rings. The van der Waals surface area contributed by atoms with Gasteiger partial charge in [0.15, 0.2) is 0 Å². The van der Waals surface area contributed by atoms with Gasteiger partial charge in [-0.25, -0.2) is 0 Å².